The second-order valence-electron chi connectivity index (χ2n) is 26.2. The maximum atomic E-state index is 5.86. The molecule has 0 aliphatic heterocycles. The van der Waals surface area contributed by atoms with Crippen LogP contribution in [0.3, 0.4) is 0 Å². The Kier molecular flexibility index (Phi) is 15.6. The third-order valence-corrected chi connectivity index (χ3v) is 35.4. The zero-order valence-electron chi connectivity index (χ0n) is 55.5. The minimum absolute atomic E-state index is 0.593. The molecule has 15 aromatic carbocycles. The second-order valence-corrected chi connectivity index (χ2v) is 37.7. The van der Waals surface area contributed by atoms with Crippen LogP contribution in [0.25, 0.3) is 77.8 Å². The first-order chi connectivity index (χ1) is 50.1. The Bertz CT molecular complexity index is 5480. The molecule has 0 radical (unpaired) electrons. The van der Waals surface area contributed by atoms with E-state index in [0.29, 0.717) is 5.95 Å². The van der Waals surface area contributed by atoms with E-state index in [1.54, 1.807) is 0 Å². The summed E-state index contributed by atoms with van der Waals surface area (Å²) in [7, 11) is -8.64. The van der Waals surface area contributed by atoms with Gasteiger partial charge in [0.05, 0.1) is 33.5 Å². The molecule has 0 amide bonds. The molecule has 0 saturated carbocycles. The summed E-state index contributed by atoms with van der Waals surface area (Å²) in [5, 5.41) is 20.4. The zero-order valence-corrected chi connectivity index (χ0v) is 58.5. The summed E-state index contributed by atoms with van der Waals surface area (Å²) in [6.45, 7) is 0. The molecule has 7 heteroatoms. The Hall–Kier alpha value is -12.4. The molecule has 0 fully saturated rings. The smallest absolute Gasteiger partial charge is 0.235 e. The van der Waals surface area contributed by atoms with E-state index in [9.17, 15) is 0 Å². The molecule has 0 atom stereocenters. The van der Waals surface area contributed by atoms with Gasteiger partial charge < -0.3 is 4.57 Å². The van der Waals surface area contributed by atoms with Gasteiger partial charge in [-0.05, 0) is 98.6 Å². The fourth-order valence-corrected chi connectivity index (χ4v) is 31.0. The molecule has 101 heavy (non-hydrogen) atoms. The first-order valence-electron chi connectivity index (χ1n) is 34.8. The first kappa shape index (κ1) is 61.0. The number of para-hydroxylation sites is 2. The van der Waals surface area contributed by atoms with Crippen molar-refractivity contribution in [2.24, 2.45) is 0 Å². The van der Waals surface area contributed by atoms with E-state index in [2.05, 4.69) is 422 Å². The van der Waals surface area contributed by atoms with E-state index in [1.165, 1.54) is 62.2 Å². The SMILES string of the molecule is c1ccc([Si](c2ccccc2)(c2ccccc2)c2ccc(-c3cc(-c4ccc([Si](c5ccccc5)(c5ccccc5)c5ccccc5)cc4)nc(-n4c5ccccc5c5ccc6c(c7ccccc7n6-c6cccc([Si](c7ccccc7)(c7ccccc7)c7ccccc7)c6)c54)n3)cc2)cc1. The quantitative estimate of drug-likeness (QED) is 0.0714. The van der Waals surface area contributed by atoms with Crippen LogP contribution in [0.1, 0.15) is 0 Å². The molecule has 0 N–H and O–H groups in total. The van der Waals surface area contributed by atoms with E-state index in [4.69, 9.17) is 9.97 Å². The molecule has 0 spiro atoms. The minimum atomic E-state index is -2.91. The lowest BCUT2D eigenvalue weighted by Crippen LogP contribution is -2.74. The lowest BCUT2D eigenvalue weighted by molar-refractivity contribution is 0.998. The summed E-state index contributed by atoms with van der Waals surface area (Å²) in [5.41, 5.74) is 9.05. The van der Waals surface area contributed by atoms with Gasteiger partial charge in [-0.2, -0.15) is 0 Å². The lowest BCUT2D eigenvalue weighted by Gasteiger charge is -2.34. The summed E-state index contributed by atoms with van der Waals surface area (Å²) < 4.78 is 4.86. The zero-order chi connectivity index (χ0) is 67.2. The number of benzene rings is 15. The average molecular weight is 1340 g/mol. The van der Waals surface area contributed by atoms with Crippen LogP contribution in [0.5, 0.6) is 0 Å². The average Bonchev–Trinajstić information content (AvgIpc) is 1.57. The molecule has 0 unspecified atom stereocenters. The summed E-state index contributed by atoms with van der Waals surface area (Å²) in [4.78, 5) is 11.7. The van der Waals surface area contributed by atoms with Crippen LogP contribution >= 0.6 is 0 Å². The normalized spacial score (nSPS) is 12.0. The maximum absolute atomic E-state index is 5.86. The molecule has 18 rings (SSSR count). The lowest BCUT2D eigenvalue weighted by atomic mass is 10.1. The fraction of sp³-hybridized carbons (Fsp3) is 0. The number of fused-ring (bicyclic) bond motifs is 7. The van der Waals surface area contributed by atoms with Crippen LogP contribution in [0.4, 0.5) is 0 Å². The van der Waals surface area contributed by atoms with Gasteiger partial charge in [0.15, 0.2) is 24.2 Å². The standard InChI is InChI=1S/C94H68N4Si3/c1-10-34-72(35-11-1)99(73-36-12-2-13-37-73,74-38-14-3-15-39-74)81-61-57-69(58-62-81)87-68-88(70-59-63-82(64-60-70)100(75-40-16-4-17-41-75,76-42-18-5-19-43-76)77-44-20-6-21-45-77)96-94(95-87)98-89-55-30-28-53-84(89)85-65-66-91-92(93(85)98)86-54-29-31-56-90(86)97(91)71-33-32-52-83(67-71)101(78-46-22-7-23-47-78,79-48-24-8-25-49-79)80-50-26-9-27-51-80/h1-68H. The monoisotopic (exact) mass is 1340 g/mol. The highest BCUT2D eigenvalue weighted by Crippen LogP contribution is 2.42. The number of hydrogen-bond donors (Lipinski definition) is 0. The molecular weight excluding hydrogens is 1270 g/mol. The Labute approximate surface area is 591 Å². The molecule has 0 aliphatic rings. The van der Waals surface area contributed by atoms with Crippen molar-refractivity contribution in [3.63, 3.8) is 0 Å². The fourth-order valence-electron chi connectivity index (χ4n) is 16.7. The van der Waals surface area contributed by atoms with Crippen molar-refractivity contribution < 1.29 is 0 Å². The first-order valence-corrected chi connectivity index (χ1v) is 40.8. The number of rotatable bonds is 16. The Morgan fingerprint density at radius 2 is 0.495 bits per heavy atom. The van der Waals surface area contributed by atoms with Gasteiger partial charge in [-0.1, -0.05) is 376 Å². The Morgan fingerprint density at radius 3 is 0.861 bits per heavy atom. The summed E-state index contributed by atoms with van der Waals surface area (Å²) in [5.74, 6) is 0.593. The molecule has 4 nitrogen and oxygen atoms in total. The molecular formula is C94H68N4Si3. The van der Waals surface area contributed by atoms with E-state index >= 15 is 0 Å². The van der Waals surface area contributed by atoms with Gasteiger partial charge in [0.1, 0.15) is 0 Å². The van der Waals surface area contributed by atoms with Crippen molar-refractivity contribution in [3.05, 3.63) is 413 Å². The van der Waals surface area contributed by atoms with Gasteiger partial charge in [-0.3, -0.25) is 4.57 Å². The van der Waals surface area contributed by atoms with E-state index < -0.39 is 24.2 Å². The van der Waals surface area contributed by atoms with Crippen LogP contribution in [0.2, 0.25) is 0 Å². The highest BCUT2D eigenvalue weighted by molar-refractivity contribution is 7.21. The predicted molar refractivity (Wildman–Crippen MR) is 432 cm³/mol. The van der Waals surface area contributed by atoms with E-state index in [-0.39, 0.29) is 0 Å². The van der Waals surface area contributed by atoms with Crippen molar-refractivity contribution in [1.29, 1.82) is 0 Å². The number of aromatic nitrogens is 4. The summed E-state index contributed by atoms with van der Waals surface area (Å²) in [6, 6.07) is 153. The van der Waals surface area contributed by atoms with E-state index in [1.807, 2.05) is 0 Å². The Balaban J connectivity index is 0.875. The van der Waals surface area contributed by atoms with Crippen molar-refractivity contribution in [1.82, 2.24) is 19.1 Å². The molecule has 0 saturated heterocycles. The van der Waals surface area contributed by atoms with Crippen molar-refractivity contribution in [3.8, 4) is 34.2 Å². The van der Waals surface area contributed by atoms with Crippen LogP contribution in [0.15, 0.2) is 413 Å². The molecule has 0 aliphatic carbocycles. The third-order valence-electron chi connectivity index (χ3n) is 21.0. The summed E-state index contributed by atoms with van der Waals surface area (Å²) in [6.07, 6.45) is 0. The largest absolute Gasteiger partial charge is 0.309 e. The van der Waals surface area contributed by atoms with Gasteiger partial charge in [0.25, 0.3) is 0 Å². The van der Waals surface area contributed by atoms with Gasteiger partial charge in [-0.25, -0.2) is 9.97 Å². The molecule has 476 valence electrons. The van der Waals surface area contributed by atoms with Crippen molar-refractivity contribution in [2.75, 3.05) is 0 Å². The summed E-state index contributed by atoms with van der Waals surface area (Å²) >= 11 is 0. The molecule has 3 heterocycles. The predicted octanol–water partition coefficient (Wildman–Crippen LogP) is 14.1. The molecule has 0 bridgehead atoms. The van der Waals surface area contributed by atoms with Crippen molar-refractivity contribution >= 4 is 130 Å². The van der Waals surface area contributed by atoms with Gasteiger partial charge in [-0.15, -0.1) is 0 Å². The molecule has 3 aromatic heterocycles. The van der Waals surface area contributed by atoms with Crippen molar-refractivity contribution in [2.45, 2.75) is 0 Å². The second kappa shape index (κ2) is 25.8. The Morgan fingerprint density at radius 1 is 0.198 bits per heavy atom. The minimum Gasteiger partial charge on any atom is -0.309 e. The topological polar surface area (TPSA) is 35.6 Å². The van der Waals surface area contributed by atoms with Gasteiger partial charge >= 0.3 is 0 Å². The molecule has 18 aromatic rings. The van der Waals surface area contributed by atoms with Gasteiger partial charge in [0, 0.05) is 38.4 Å². The van der Waals surface area contributed by atoms with Crippen LogP contribution in [-0.2, 0) is 0 Å². The highest BCUT2D eigenvalue weighted by Gasteiger charge is 2.44. The van der Waals surface area contributed by atoms with Crippen LogP contribution in [-0.4, -0.2) is 43.3 Å². The van der Waals surface area contributed by atoms with Crippen LogP contribution in [0, 0.1) is 0 Å². The van der Waals surface area contributed by atoms with Gasteiger partial charge in [0.2, 0.25) is 5.95 Å². The number of hydrogen-bond acceptors (Lipinski definition) is 2. The highest BCUT2D eigenvalue weighted by atomic mass is 28.3. The number of nitrogens with zero attached hydrogens (tertiary/aromatic N) is 4. The van der Waals surface area contributed by atoms with Crippen LogP contribution < -0.4 is 62.2 Å². The maximum Gasteiger partial charge on any atom is 0.235 e. The van der Waals surface area contributed by atoms with E-state index in [0.717, 1.165) is 71.8 Å². The third kappa shape index (κ3) is 10.1.